The van der Waals surface area contributed by atoms with E-state index in [2.05, 4.69) is 14.7 Å². The van der Waals surface area contributed by atoms with E-state index in [-0.39, 0.29) is 18.0 Å². The highest BCUT2D eigenvalue weighted by Gasteiger charge is 2.14. The zero-order valence-corrected chi connectivity index (χ0v) is 15.6. The third-order valence-electron chi connectivity index (χ3n) is 3.83. The van der Waals surface area contributed by atoms with Crippen molar-refractivity contribution in [2.75, 3.05) is 18.0 Å². The highest BCUT2D eigenvalue weighted by molar-refractivity contribution is 7.92. The Morgan fingerprint density at radius 1 is 1.15 bits per heavy atom. The summed E-state index contributed by atoms with van der Waals surface area (Å²) in [6, 6.07) is 13.1. The van der Waals surface area contributed by atoms with Crippen LogP contribution in [0, 0.1) is 0 Å². The van der Waals surface area contributed by atoms with Crippen LogP contribution in [-0.2, 0) is 16.6 Å². The zero-order valence-electron chi connectivity index (χ0n) is 14.8. The fraction of sp³-hybridized carbons (Fsp3) is 0.167. The number of hydrogen-bond acceptors (Lipinski definition) is 5. The molecule has 3 rings (SSSR count). The Labute approximate surface area is 155 Å². The molecule has 8 nitrogen and oxygen atoms in total. The van der Waals surface area contributed by atoms with Crippen molar-refractivity contribution >= 4 is 32.5 Å². The van der Waals surface area contributed by atoms with Crippen LogP contribution in [0.25, 0.3) is 10.9 Å². The van der Waals surface area contributed by atoms with E-state index >= 15 is 0 Å². The van der Waals surface area contributed by atoms with Gasteiger partial charge in [0.2, 0.25) is 10.0 Å². The zero-order chi connectivity index (χ0) is 19.6. The minimum atomic E-state index is -3.38. The van der Waals surface area contributed by atoms with Crippen molar-refractivity contribution in [3.8, 4) is 0 Å². The summed E-state index contributed by atoms with van der Waals surface area (Å²) in [6.07, 6.45) is 1.05. The van der Waals surface area contributed by atoms with Crippen molar-refractivity contribution in [1.82, 2.24) is 14.9 Å². The molecule has 1 aromatic heterocycles. The van der Waals surface area contributed by atoms with Crippen molar-refractivity contribution < 1.29 is 13.2 Å². The van der Waals surface area contributed by atoms with Crippen molar-refractivity contribution in [3.63, 3.8) is 0 Å². The molecule has 9 heteroatoms. The van der Waals surface area contributed by atoms with Crippen LogP contribution in [0.5, 0.6) is 0 Å². The molecule has 3 aromatic rings. The lowest BCUT2D eigenvalue weighted by atomic mass is 10.2. The molecule has 0 aliphatic heterocycles. The second kappa shape index (κ2) is 7.20. The third-order valence-corrected chi connectivity index (χ3v) is 4.44. The Balaban J connectivity index is 1.77. The third kappa shape index (κ3) is 4.50. The monoisotopic (exact) mass is 386 g/mol. The topological polar surface area (TPSA) is 112 Å². The van der Waals surface area contributed by atoms with Crippen molar-refractivity contribution in [2.24, 2.45) is 0 Å². The first-order chi connectivity index (χ1) is 12.7. The molecule has 0 spiro atoms. The van der Waals surface area contributed by atoms with Gasteiger partial charge in [-0.3, -0.25) is 14.3 Å². The molecule has 140 valence electrons. The SMILES string of the molecule is CN(Cc1nc2ccccc2c(=O)[nH]1)C(=O)c1ccc(NS(C)(=O)=O)cc1. The van der Waals surface area contributed by atoms with Gasteiger partial charge in [0.15, 0.2) is 0 Å². The summed E-state index contributed by atoms with van der Waals surface area (Å²) in [5.74, 6) is 0.0987. The van der Waals surface area contributed by atoms with Crippen LogP contribution in [0.2, 0.25) is 0 Å². The van der Waals surface area contributed by atoms with Gasteiger partial charge in [0.05, 0.1) is 23.7 Å². The van der Waals surface area contributed by atoms with Gasteiger partial charge in [-0.05, 0) is 36.4 Å². The highest BCUT2D eigenvalue weighted by Crippen LogP contribution is 2.13. The molecule has 1 heterocycles. The summed E-state index contributed by atoms with van der Waals surface area (Å²) in [6.45, 7) is 0.127. The van der Waals surface area contributed by atoms with E-state index in [1.54, 1.807) is 31.3 Å². The number of benzene rings is 2. The van der Waals surface area contributed by atoms with Crippen LogP contribution in [0.4, 0.5) is 5.69 Å². The largest absolute Gasteiger partial charge is 0.334 e. The van der Waals surface area contributed by atoms with Crippen LogP contribution in [-0.4, -0.2) is 42.5 Å². The molecular formula is C18H18N4O4S. The van der Waals surface area contributed by atoms with Gasteiger partial charge < -0.3 is 9.88 Å². The van der Waals surface area contributed by atoms with Crippen molar-refractivity contribution in [2.45, 2.75) is 6.54 Å². The number of H-pyrrole nitrogens is 1. The molecule has 0 radical (unpaired) electrons. The maximum atomic E-state index is 12.6. The lowest BCUT2D eigenvalue weighted by Gasteiger charge is -2.17. The number of anilines is 1. The van der Waals surface area contributed by atoms with E-state index in [0.717, 1.165) is 6.26 Å². The number of rotatable bonds is 5. The van der Waals surface area contributed by atoms with E-state index in [1.165, 1.54) is 29.2 Å². The first kappa shape index (κ1) is 18.6. The average Bonchev–Trinajstić information content (AvgIpc) is 2.60. The molecule has 0 saturated carbocycles. The predicted molar refractivity (Wildman–Crippen MR) is 103 cm³/mol. The van der Waals surface area contributed by atoms with E-state index in [4.69, 9.17) is 0 Å². The van der Waals surface area contributed by atoms with E-state index in [0.29, 0.717) is 28.0 Å². The van der Waals surface area contributed by atoms with Gasteiger partial charge in [-0.25, -0.2) is 13.4 Å². The number of aromatic amines is 1. The van der Waals surface area contributed by atoms with Gasteiger partial charge >= 0.3 is 0 Å². The Morgan fingerprint density at radius 2 is 1.81 bits per heavy atom. The number of sulfonamides is 1. The molecule has 27 heavy (non-hydrogen) atoms. The lowest BCUT2D eigenvalue weighted by molar-refractivity contribution is 0.0781. The van der Waals surface area contributed by atoms with Gasteiger partial charge in [-0.2, -0.15) is 0 Å². The quantitative estimate of drug-likeness (QED) is 0.691. The smallest absolute Gasteiger partial charge is 0.258 e. The molecule has 0 aliphatic rings. The van der Waals surface area contributed by atoms with Crippen LogP contribution in [0.3, 0.4) is 0 Å². The van der Waals surface area contributed by atoms with Gasteiger partial charge in [0, 0.05) is 18.3 Å². The molecule has 0 fully saturated rings. The summed E-state index contributed by atoms with van der Waals surface area (Å²) < 4.78 is 24.8. The molecule has 0 aliphatic carbocycles. The summed E-state index contributed by atoms with van der Waals surface area (Å²) in [5, 5.41) is 0.490. The maximum absolute atomic E-state index is 12.6. The number of fused-ring (bicyclic) bond motifs is 1. The number of carbonyl (C=O) groups is 1. The number of hydrogen-bond donors (Lipinski definition) is 2. The van der Waals surface area contributed by atoms with E-state index in [1.807, 2.05) is 0 Å². The van der Waals surface area contributed by atoms with Crippen LogP contribution in [0.15, 0.2) is 53.3 Å². The summed E-state index contributed by atoms with van der Waals surface area (Å²) >= 11 is 0. The Hall–Kier alpha value is -3.20. The van der Waals surface area contributed by atoms with Crippen molar-refractivity contribution in [1.29, 1.82) is 0 Å². The van der Waals surface area contributed by atoms with Gasteiger partial charge in [-0.1, -0.05) is 12.1 Å². The Bertz CT molecular complexity index is 1150. The number of carbonyl (C=O) groups excluding carboxylic acids is 1. The molecule has 0 unspecified atom stereocenters. The molecule has 2 N–H and O–H groups in total. The molecule has 0 saturated heterocycles. The fourth-order valence-electron chi connectivity index (χ4n) is 2.62. The molecule has 0 bridgehead atoms. The fourth-order valence-corrected chi connectivity index (χ4v) is 3.19. The van der Waals surface area contributed by atoms with E-state index in [9.17, 15) is 18.0 Å². The first-order valence-electron chi connectivity index (χ1n) is 8.04. The van der Waals surface area contributed by atoms with Crippen LogP contribution < -0.4 is 10.3 Å². The van der Waals surface area contributed by atoms with E-state index < -0.39 is 10.0 Å². The summed E-state index contributed by atoms with van der Waals surface area (Å²) in [4.78, 5) is 33.2. The van der Waals surface area contributed by atoms with Crippen LogP contribution >= 0.6 is 0 Å². The number of para-hydroxylation sites is 1. The molecule has 1 amide bonds. The first-order valence-corrected chi connectivity index (χ1v) is 9.93. The number of amides is 1. The number of aromatic nitrogens is 2. The lowest BCUT2D eigenvalue weighted by Crippen LogP contribution is -2.28. The number of nitrogens with one attached hydrogen (secondary N) is 2. The summed E-state index contributed by atoms with van der Waals surface area (Å²) in [5.41, 5.74) is 1.07. The summed E-state index contributed by atoms with van der Waals surface area (Å²) in [7, 11) is -1.78. The normalized spacial score (nSPS) is 11.3. The van der Waals surface area contributed by atoms with Crippen molar-refractivity contribution in [3.05, 3.63) is 70.3 Å². The molecule has 2 aromatic carbocycles. The average molecular weight is 386 g/mol. The second-order valence-corrected chi connectivity index (χ2v) is 7.89. The standard InChI is InChI=1S/C18H18N4O4S/c1-22(11-16-19-15-6-4-3-5-14(15)17(23)20-16)18(24)12-7-9-13(10-8-12)21-27(2,25)26/h3-10,21H,11H2,1-2H3,(H,19,20,23). The van der Waals surface area contributed by atoms with Gasteiger partial charge in [0.1, 0.15) is 5.82 Å². The molecular weight excluding hydrogens is 368 g/mol. The predicted octanol–water partition coefficient (Wildman–Crippen LogP) is 1.57. The van der Waals surface area contributed by atoms with Gasteiger partial charge in [-0.15, -0.1) is 0 Å². The Kier molecular flexibility index (Phi) is 4.95. The maximum Gasteiger partial charge on any atom is 0.258 e. The highest BCUT2D eigenvalue weighted by atomic mass is 32.2. The second-order valence-electron chi connectivity index (χ2n) is 6.14. The van der Waals surface area contributed by atoms with Gasteiger partial charge in [0.25, 0.3) is 11.5 Å². The molecule has 0 atom stereocenters. The minimum Gasteiger partial charge on any atom is -0.334 e. The number of nitrogens with zero attached hydrogens (tertiary/aromatic N) is 2. The minimum absolute atomic E-state index is 0.127. The Morgan fingerprint density at radius 3 is 2.48 bits per heavy atom. The van der Waals surface area contributed by atoms with Crippen LogP contribution in [0.1, 0.15) is 16.2 Å².